The van der Waals surface area contributed by atoms with Crippen LogP contribution >= 0.6 is 24.0 Å². The smallest absolute Gasteiger partial charge is 0.251 e. The van der Waals surface area contributed by atoms with Gasteiger partial charge in [-0.25, -0.2) is 0 Å². The van der Waals surface area contributed by atoms with Gasteiger partial charge in [-0.3, -0.25) is 4.79 Å². The van der Waals surface area contributed by atoms with Gasteiger partial charge < -0.3 is 5.32 Å². The van der Waals surface area contributed by atoms with E-state index in [2.05, 4.69) is 38.2 Å². The molecule has 1 heterocycles. The van der Waals surface area contributed by atoms with Crippen LogP contribution in [0.2, 0.25) is 0 Å². The highest BCUT2D eigenvalue weighted by Gasteiger charge is 2.08. The van der Waals surface area contributed by atoms with Gasteiger partial charge in [0.05, 0.1) is 6.54 Å². The molecule has 21 heavy (non-hydrogen) atoms. The quantitative estimate of drug-likeness (QED) is 0.370. The minimum atomic E-state index is -0.128. The van der Waals surface area contributed by atoms with Crippen LogP contribution in [0.4, 0.5) is 0 Å². The number of nitrogens with one attached hydrogen (secondary N) is 1. The second kappa shape index (κ2) is 7.63. The minimum Gasteiger partial charge on any atom is -0.351 e. The molecule has 1 N–H and O–H groups in total. The molecular weight excluding hydrogens is 308 g/mol. The van der Waals surface area contributed by atoms with Gasteiger partial charge in [-0.2, -0.15) is 12.6 Å². The van der Waals surface area contributed by atoms with Crippen molar-refractivity contribution in [1.82, 2.24) is 15.5 Å². The van der Waals surface area contributed by atoms with E-state index in [1.165, 1.54) is 11.3 Å². The highest BCUT2D eigenvalue weighted by atomic mass is 32.1. The summed E-state index contributed by atoms with van der Waals surface area (Å²) < 4.78 is 0. The number of hydrogen-bond donors (Lipinski definition) is 2. The lowest BCUT2D eigenvalue weighted by atomic mass is 10.1. The standard InChI is InChI=1S/C12H12N6OS2/c13-18-15-7-10-16-17-12(21-10)9-3-1-8(2-4-9)11(19)14-5-6-20/h1-4,20H,5-7H2,(H,14,19). The molecule has 0 bridgehead atoms. The van der Waals surface area contributed by atoms with Crippen molar-refractivity contribution in [3.8, 4) is 10.6 Å². The van der Waals surface area contributed by atoms with Gasteiger partial charge in [0, 0.05) is 28.3 Å². The molecule has 1 aromatic heterocycles. The summed E-state index contributed by atoms with van der Waals surface area (Å²) in [5.41, 5.74) is 9.72. The molecule has 2 rings (SSSR count). The van der Waals surface area contributed by atoms with Crippen LogP contribution in [0.1, 0.15) is 15.4 Å². The van der Waals surface area contributed by atoms with Crippen LogP contribution in [0.25, 0.3) is 21.0 Å². The third-order valence-corrected chi connectivity index (χ3v) is 3.71. The Morgan fingerprint density at radius 1 is 1.38 bits per heavy atom. The van der Waals surface area contributed by atoms with Gasteiger partial charge in [0.25, 0.3) is 5.91 Å². The van der Waals surface area contributed by atoms with E-state index < -0.39 is 0 Å². The molecular formula is C12H12N6OS2. The first kappa shape index (κ1) is 15.3. The normalized spacial score (nSPS) is 9.95. The number of carbonyl (C=O) groups is 1. The zero-order valence-electron chi connectivity index (χ0n) is 10.9. The summed E-state index contributed by atoms with van der Waals surface area (Å²) in [6, 6.07) is 7.09. The van der Waals surface area contributed by atoms with Gasteiger partial charge in [-0.15, -0.1) is 10.2 Å². The van der Waals surface area contributed by atoms with Crippen molar-refractivity contribution in [2.45, 2.75) is 6.54 Å². The minimum absolute atomic E-state index is 0.128. The zero-order chi connectivity index (χ0) is 15.1. The molecule has 0 aliphatic rings. The van der Waals surface area contributed by atoms with E-state index in [1.807, 2.05) is 12.1 Å². The molecule has 0 atom stereocenters. The van der Waals surface area contributed by atoms with Crippen LogP contribution in [-0.2, 0) is 6.54 Å². The predicted octanol–water partition coefficient (Wildman–Crippen LogP) is 2.68. The molecule has 0 aliphatic carbocycles. The molecule has 0 aliphatic heterocycles. The number of azide groups is 1. The number of aromatic nitrogens is 2. The molecule has 0 unspecified atom stereocenters. The van der Waals surface area contributed by atoms with Gasteiger partial charge in [0.1, 0.15) is 10.0 Å². The van der Waals surface area contributed by atoms with Crippen molar-refractivity contribution in [3.63, 3.8) is 0 Å². The van der Waals surface area contributed by atoms with Crippen LogP contribution in [0.15, 0.2) is 29.4 Å². The fourth-order valence-electron chi connectivity index (χ4n) is 1.56. The van der Waals surface area contributed by atoms with E-state index in [1.54, 1.807) is 12.1 Å². The van der Waals surface area contributed by atoms with Crippen molar-refractivity contribution >= 4 is 29.9 Å². The van der Waals surface area contributed by atoms with E-state index in [9.17, 15) is 4.79 Å². The Kier molecular flexibility index (Phi) is 5.56. The summed E-state index contributed by atoms with van der Waals surface area (Å²) in [6.07, 6.45) is 0. The molecule has 0 fully saturated rings. The van der Waals surface area contributed by atoms with Crippen molar-refractivity contribution in [2.75, 3.05) is 12.3 Å². The average molecular weight is 320 g/mol. The number of hydrogen-bond acceptors (Lipinski definition) is 6. The molecule has 9 heteroatoms. The Labute approximate surface area is 130 Å². The van der Waals surface area contributed by atoms with Gasteiger partial charge in [0.2, 0.25) is 0 Å². The maximum absolute atomic E-state index is 11.8. The highest BCUT2D eigenvalue weighted by molar-refractivity contribution is 7.80. The Hall–Kier alpha value is -2.09. The maximum atomic E-state index is 11.8. The lowest BCUT2D eigenvalue weighted by molar-refractivity contribution is 0.0956. The summed E-state index contributed by atoms with van der Waals surface area (Å²) >= 11 is 5.40. The Morgan fingerprint density at radius 2 is 2.14 bits per heavy atom. The molecule has 0 saturated heterocycles. The van der Waals surface area contributed by atoms with Crippen molar-refractivity contribution < 1.29 is 4.79 Å². The second-order valence-electron chi connectivity index (χ2n) is 3.95. The Bertz CT molecular complexity index is 663. The fourth-order valence-corrected chi connectivity index (χ4v) is 2.44. The number of rotatable bonds is 6. The van der Waals surface area contributed by atoms with Crippen LogP contribution in [0.3, 0.4) is 0 Å². The first-order valence-corrected chi connectivity index (χ1v) is 7.52. The summed E-state index contributed by atoms with van der Waals surface area (Å²) in [7, 11) is 0. The zero-order valence-corrected chi connectivity index (χ0v) is 12.6. The van der Waals surface area contributed by atoms with E-state index >= 15 is 0 Å². The topological polar surface area (TPSA) is 104 Å². The number of nitrogens with zero attached hydrogens (tertiary/aromatic N) is 5. The molecule has 2 aromatic rings. The summed E-state index contributed by atoms with van der Waals surface area (Å²) in [6.45, 7) is 0.723. The van der Waals surface area contributed by atoms with E-state index in [4.69, 9.17) is 5.53 Å². The first-order valence-electron chi connectivity index (χ1n) is 6.07. The third kappa shape index (κ3) is 4.19. The molecule has 0 saturated carbocycles. The number of thiol groups is 1. The predicted molar refractivity (Wildman–Crippen MR) is 84.4 cm³/mol. The van der Waals surface area contributed by atoms with Gasteiger partial charge >= 0.3 is 0 Å². The van der Waals surface area contributed by atoms with E-state index in [0.717, 1.165) is 10.6 Å². The van der Waals surface area contributed by atoms with Crippen molar-refractivity contribution in [1.29, 1.82) is 0 Å². The van der Waals surface area contributed by atoms with Crippen LogP contribution in [0, 0.1) is 0 Å². The monoisotopic (exact) mass is 320 g/mol. The summed E-state index contributed by atoms with van der Waals surface area (Å²) in [5.74, 6) is 0.472. The van der Waals surface area contributed by atoms with Crippen molar-refractivity contribution in [2.24, 2.45) is 5.11 Å². The lowest BCUT2D eigenvalue weighted by Crippen LogP contribution is -2.25. The van der Waals surface area contributed by atoms with E-state index in [-0.39, 0.29) is 12.5 Å². The molecule has 0 radical (unpaired) electrons. The van der Waals surface area contributed by atoms with Crippen molar-refractivity contribution in [3.05, 3.63) is 45.3 Å². The second-order valence-corrected chi connectivity index (χ2v) is 5.46. The fraction of sp³-hybridized carbons (Fsp3) is 0.250. The summed E-state index contributed by atoms with van der Waals surface area (Å²) in [4.78, 5) is 14.4. The number of benzene rings is 1. The average Bonchev–Trinajstić information content (AvgIpc) is 2.99. The molecule has 108 valence electrons. The third-order valence-electron chi connectivity index (χ3n) is 2.53. The SMILES string of the molecule is [N-]=[N+]=NCc1nnc(-c2ccc(C(=O)NCCS)cc2)s1. The molecule has 1 amide bonds. The maximum Gasteiger partial charge on any atom is 0.251 e. The van der Waals surface area contributed by atoms with Crippen LogP contribution in [0.5, 0.6) is 0 Å². The van der Waals surface area contributed by atoms with Gasteiger partial charge in [-0.05, 0) is 17.7 Å². The van der Waals surface area contributed by atoms with E-state index in [0.29, 0.717) is 22.9 Å². The van der Waals surface area contributed by atoms with Crippen LogP contribution in [-0.4, -0.2) is 28.4 Å². The van der Waals surface area contributed by atoms with Crippen LogP contribution < -0.4 is 5.32 Å². The number of carbonyl (C=O) groups excluding carboxylic acids is 1. The highest BCUT2D eigenvalue weighted by Crippen LogP contribution is 2.24. The number of amides is 1. The molecule has 7 nitrogen and oxygen atoms in total. The Morgan fingerprint density at radius 3 is 2.81 bits per heavy atom. The molecule has 1 aromatic carbocycles. The lowest BCUT2D eigenvalue weighted by Gasteiger charge is -2.03. The summed E-state index contributed by atoms with van der Waals surface area (Å²) in [5, 5.41) is 15.5. The Balaban J connectivity index is 2.09. The van der Waals surface area contributed by atoms with Gasteiger partial charge in [-0.1, -0.05) is 28.6 Å². The first-order chi connectivity index (χ1) is 10.2. The largest absolute Gasteiger partial charge is 0.351 e. The molecule has 0 spiro atoms. The van der Waals surface area contributed by atoms with Gasteiger partial charge in [0.15, 0.2) is 0 Å².